The van der Waals surface area contributed by atoms with Gasteiger partial charge in [-0.15, -0.1) is 5.10 Å². The maximum Gasteiger partial charge on any atom is 0.300 e. The van der Waals surface area contributed by atoms with Gasteiger partial charge in [0.25, 0.3) is 5.91 Å². The maximum absolute atomic E-state index is 12.7. The smallest absolute Gasteiger partial charge is 0.300 e. The van der Waals surface area contributed by atoms with Crippen LogP contribution in [-0.4, -0.2) is 31.1 Å². The van der Waals surface area contributed by atoms with Crippen LogP contribution in [0.5, 0.6) is 10.9 Å². The number of ether oxygens (including phenoxy) is 1. The zero-order valence-electron chi connectivity index (χ0n) is 17.0. The molecule has 1 N–H and O–H groups in total. The van der Waals surface area contributed by atoms with Crippen molar-refractivity contribution in [3.05, 3.63) is 64.7 Å². The first-order valence-electron chi connectivity index (χ1n) is 9.47. The Balaban J connectivity index is 1.71. The second-order valence-electron chi connectivity index (χ2n) is 6.87. The second kappa shape index (κ2) is 9.36. The summed E-state index contributed by atoms with van der Waals surface area (Å²) >= 11 is 0.892. The van der Waals surface area contributed by atoms with Crippen LogP contribution in [0.1, 0.15) is 40.4 Å². The van der Waals surface area contributed by atoms with Gasteiger partial charge in [-0.2, -0.15) is 0 Å². The van der Waals surface area contributed by atoms with Gasteiger partial charge in [-0.3, -0.25) is 4.79 Å². The van der Waals surface area contributed by atoms with Crippen molar-refractivity contribution in [2.75, 3.05) is 6.54 Å². The van der Waals surface area contributed by atoms with Crippen LogP contribution in [0, 0.1) is 13.8 Å². The molecule has 2 aromatic carbocycles. The number of sulfone groups is 1. The number of nitrogens with one attached hydrogen (secondary N) is 1. The molecule has 158 valence electrons. The maximum atomic E-state index is 12.7. The number of aromatic nitrogens is 2. The van der Waals surface area contributed by atoms with Gasteiger partial charge >= 0.3 is 5.19 Å². The zero-order valence-corrected chi connectivity index (χ0v) is 18.6. The lowest BCUT2D eigenvalue weighted by Crippen LogP contribution is -2.23. The van der Waals surface area contributed by atoms with E-state index in [4.69, 9.17) is 4.74 Å². The predicted molar refractivity (Wildman–Crippen MR) is 116 cm³/mol. The Morgan fingerprint density at radius 2 is 1.73 bits per heavy atom. The highest BCUT2D eigenvalue weighted by Crippen LogP contribution is 2.32. The highest BCUT2D eigenvalue weighted by molar-refractivity contribution is 7.92. The number of benzene rings is 2. The number of carbonyl (C=O) groups is 1. The molecule has 0 spiro atoms. The summed E-state index contributed by atoms with van der Waals surface area (Å²) in [4.78, 5) is 12.0. The van der Waals surface area contributed by atoms with Gasteiger partial charge in [0.1, 0.15) is 5.75 Å². The Bertz CT molecular complexity index is 1120. The van der Waals surface area contributed by atoms with Crippen molar-refractivity contribution in [3.63, 3.8) is 0 Å². The molecule has 1 aromatic heterocycles. The lowest BCUT2D eigenvalue weighted by atomic mass is 10.1. The van der Waals surface area contributed by atoms with Crippen molar-refractivity contribution in [2.45, 2.75) is 37.3 Å². The molecule has 1 amide bonds. The molecule has 0 atom stereocenters. The van der Waals surface area contributed by atoms with Gasteiger partial charge in [0.2, 0.25) is 14.2 Å². The standard InChI is InChI=1S/C21H23N3O4S2/c1-4-12-22-19(25)17-10-8-16(9-11-17)13-30(26,27)21-24-23-20(29-21)28-18-14(2)6-5-7-15(18)3/h5-11H,4,12-13H2,1-3H3,(H,22,25). The number of rotatable bonds is 8. The fourth-order valence-electron chi connectivity index (χ4n) is 2.79. The summed E-state index contributed by atoms with van der Waals surface area (Å²) in [6, 6.07) is 12.2. The molecule has 0 bridgehead atoms. The van der Waals surface area contributed by atoms with Crippen LogP contribution in [0.4, 0.5) is 0 Å². The van der Waals surface area contributed by atoms with E-state index in [1.54, 1.807) is 24.3 Å². The van der Waals surface area contributed by atoms with Gasteiger partial charge < -0.3 is 10.1 Å². The number of amides is 1. The number of carbonyl (C=O) groups excluding carboxylic acids is 1. The third-order valence-electron chi connectivity index (χ3n) is 4.36. The first-order valence-corrected chi connectivity index (χ1v) is 11.9. The van der Waals surface area contributed by atoms with Crippen LogP contribution >= 0.6 is 11.3 Å². The Kier molecular flexibility index (Phi) is 6.84. The van der Waals surface area contributed by atoms with Crippen LogP contribution < -0.4 is 10.1 Å². The van der Waals surface area contributed by atoms with Crippen molar-refractivity contribution in [1.82, 2.24) is 15.5 Å². The van der Waals surface area contributed by atoms with E-state index >= 15 is 0 Å². The van der Waals surface area contributed by atoms with Crippen LogP contribution in [0.3, 0.4) is 0 Å². The average molecular weight is 446 g/mol. The lowest BCUT2D eigenvalue weighted by molar-refractivity contribution is 0.0953. The molecule has 0 unspecified atom stereocenters. The lowest BCUT2D eigenvalue weighted by Gasteiger charge is -2.07. The number of hydrogen-bond donors (Lipinski definition) is 1. The minimum absolute atomic E-state index is 0.103. The molecule has 3 aromatic rings. The molecule has 0 radical (unpaired) electrons. The van der Waals surface area contributed by atoms with Crippen molar-refractivity contribution >= 4 is 27.1 Å². The largest absolute Gasteiger partial charge is 0.429 e. The summed E-state index contributed by atoms with van der Waals surface area (Å²) in [5.41, 5.74) is 2.91. The molecular formula is C21H23N3O4S2. The summed E-state index contributed by atoms with van der Waals surface area (Å²) in [6.45, 7) is 6.39. The summed E-state index contributed by atoms with van der Waals surface area (Å²) in [5, 5.41) is 10.7. The van der Waals surface area contributed by atoms with Crippen LogP contribution in [0.15, 0.2) is 46.8 Å². The Labute approximate surface area is 180 Å². The Morgan fingerprint density at radius 1 is 1.07 bits per heavy atom. The summed E-state index contributed by atoms with van der Waals surface area (Å²) in [6.07, 6.45) is 0.846. The quantitative estimate of drug-likeness (QED) is 0.561. The van der Waals surface area contributed by atoms with E-state index in [1.165, 1.54) is 0 Å². The molecule has 0 fully saturated rings. The first kappa shape index (κ1) is 21.9. The fraction of sp³-hybridized carbons (Fsp3) is 0.286. The monoisotopic (exact) mass is 445 g/mol. The molecule has 30 heavy (non-hydrogen) atoms. The molecular weight excluding hydrogens is 422 g/mol. The minimum atomic E-state index is -3.69. The van der Waals surface area contributed by atoms with Crippen molar-refractivity contribution < 1.29 is 17.9 Å². The van der Waals surface area contributed by atoms with Gasteiger partial charge in [0, 0.05) is 12.1 Å². The molecule has 3 rings (SSSR count). The van der Waals surface area contributed by atoms with Crippen molar-refractivity contribution in [1.29, 1.82) is 0 Å². The van der Waals surface area contributed by atoms with Gasteiger partial charge in [-0.05, 0) is 60.4 Å². The molecule has 0 saturated heterocycles. The number of hydrogen-bond acceptors (Lipinski definition) is 7. The zero-order chi connectivity index (χ0) is 21.7. The van der Waals surface area contributed by atoms with E-state index in [0.717, 1.165) is 28.9 Å². The van der Waals surface area contributed by atoms with Crippen LogP contribution in [0.25, 0.3) is 0 Å². The summed E-state index contributed by atoms with van der Waals surface area (Å²) in [5.74, 6) is 0.236. The van der Waals surface area contributed by atoms with Crippen LogP contribution in [0.2, 0.25) is 0 Å². The van der Waals surface area contributed by atoms with Crippen LogP contribution in [-0.2, 0) is 15.6 Å². The summed E-state index contributed by atoms with van der Waals surface area (Å²) in [7, 11) is -3.69. The van der Waals surface area contributed by atoms with Gasteiger partial charge in [0.05, 0.1) is 5.75 Å². The van der Waals surface area contributed by atoms with E-state index in [2.05, 4.69) is 15.5 Å². The van der Waals surface area contributed by atoms with E-state index < -0.39 is 9.84 Å². The number of nitrogens with zero attached hydrogens (tertiary/aromatic N) is 2. The van der Waals surface area contributed by atoms with Crippen molar-refractivity contribution in [2.24, 2.45) is 0 Å². The van der Waals surface area contributed by atoms with Gasteiger partial charge in [0.15, 0.2) is 0 Å². The minimum Gasteiger partial charge on any atom is -0.429 e. The van der Waals surface area contributed by atoms with Crippen molar-refractivity contribution in [3.8, 4) is 10.9 Å². The van der Waals surface area contributed by atoms with E-state index in [1.807, 2.05) is 39.0 Å². The number of aryl methyl sites for hydroxylation is 2. The average Bonchev–Trinajstić information content (AvgIpc) is 3.19. The molecule has 0 saturated carbocycles. The van der Waals surface area contributed by atoms with E-state index in [0.29, 0.717) is 23.4 Å². The third-order valence-corrected chi connectivity index (χ3v) is 7.30. The molecule has 0 aliphatic carbocycles. The third kappa shape index (κ3) is 5.22. The van der Waals surface area contributed by atoms with E-state index in [-0.39, 0.29) is 21.2 Å². The van der Waals surface area contributed by atoms with E-state index in [9.17, 15) is 13.2 Å². The molecule has 0 aliphatic rings. The SMILES string of the molecule is CCCNC(=O)c1ccc(CS(=O)(=O)c2nnc(Oc3c(C)cccc3C)s2)cc1. The van der Waals surface area contributed by atoms with Gasteiger partial charge in [-0.25, -0.2) is 8.42 Å². The Morgan fingerprint density at radius 3 is 2.37 bits per heavy atom. The predicted octanol–water partition coefficient (Wildman–Crippen LogP) is 4.06. The topological polar surface area (TPSA) is 98.2 Å². The summed E-state index contributed by atoms with van der Waals surface area (Å²) < 4.78 is 31.1. The highest BCUT2D eigenvalue weighted by atomic mass is 32.2. The van der Waals surface area contributed by atoms with Gasteiger partial charge in [-0.1, -0.05) is 42.4 Å². The molecule has 9 heteroatoms. The fourth-order valence-corrected chi connectivity index (χ4v) is 5.04. The second-order valence-corrected chi connectivity index (χ2v) is 9.97. The number of para-hydroxylation sites is 1. The molecule has 1 heterocycles. The molecule has 0 aliphatic heterocycles. The molecule has 7 nitrogen and oxygen atoms in total. The Hall–Kier alpha value is -2.78. The highest BCUT2D eigenvalue weighted by Gasteiger charge is 2.22. The first-order chi connectivity index (χ1) is 14.3. The normalized spacial score (nSPS) is 11.3.